The second kappa shape index (κ2) is 5.94. The molecule has 4 aliphatic rings. The Labute approximate surface area is 140 Å². The van der Waals surface area contributed by atoms with Crippen molar-refractivity contribution in [3.8, 4) is 0 Å². The summed E-state index contributed by atoms with van der Waals surface area (Å²) < 4.78 is 0.353. The van der Waals surface area contributed by atoms with Crippen LogP contribution in [0.2, 0.25) is 3.72 Å². The number of allylic oxidation sites excluding steroid dienone is 8. The maximum Gasteiger partial charge on any atom is -1.00 e. The van der Waals surface area contributed by atoms with Crippen molar-refractivity contribution in [2.45, 2.75) is 43.8 Å². The Hall–Kier alpha value is 0.254. The maximum atomic E-state index is 2.42. The van der Waals surface area contributed by atoms with Crippen LogP contribution in [0.5, 0.6) is 0 Å². The Morgan fingerprint density at radius 1 is 1.32 bits per heavy atom. The molecule has 4 rings (SSSR count). The molecule has 2 unspecified atom stereocenters. The van der Waals surface area contributed by atoms with Crippen LogP contribution in [0.15, 0.2) is 46.1 Å². The second-order valence-electron chi connectivity index (χ2n) is 5.73. The normalized spacial score (nSPS) is 31.0. The Bertz CT molecular complexity index is 507. The van der Waals surface area contributed by atoms with Gasteiger partial charge in [0.25, 0.3) is 0 Å². The molecule has 0 aromatic heterocycles. The molecule has 4 aliphatic carbocycles. The van der Waals surface area contributed by atoms with Gasteiger partial charge in [-0.25, -0.2) is 0 Å². The van der Waals surface area contributed by atoms with Crippen molar-refractivity contribution in [1.82, 2.24) is 0 Å². The molecule has 0 N–H and O–H groups in total. The first kappa shape index (κ1) is 17.3. The van der Waals surface area contributed by atoms with E-state index in [1.807, 2.05) is 0 Å². The molecule has 0 spiro atoms. The summed E-state index contributed by atoms with van der Waals surface area (Å²) in [5.41, 5.74) is 8.34. The van der Waals surface area contributed by atoms with E-state index in [0.29, 0.717) is 3.72 Å². The zero-order valence-electron chi connectivity index (χ0n) is 11.7. The van der Waals surface area contributed by atoms with E-state index in [4.69, 9.17) is 0 Å². The largest absolute Gasteiger partial charge is 1.00 e. The summed E-state index contributed by atoms with van der Waals surface area (Å²) in [7, 11) is 0. The van der Waals surface area contributed by atoms with E-state index >= 15 is 0 Å². The van der Waals surface area contributed by atoms with Gasteiger partial charge >= 0.3 is 116 Å². The molecule has 0 amide bonds. The SMILES string of the molecule is CC1=C2C(C)C1=C(CCC1=CC=CC1)[C]2(C)[Ti+2].[Cl-].[Cl-]. The summed E-state index contributed by atoms with van der Waals surface area (Å²) in [5, 5.41) is 0. The topological polar surface area (TPSA) is 0 Å². The number of fused-ring (bicyclic) bond motifs is 1. The standard InChI is InChI=1S/C16H19.2ClH.Ti/c1-10-14(9-8-13-6-4-5-7-13)16-11(2)15(10)12(16)3;;;/h4-6,11H,7-9H2,1-3H3;2*1H;/q;;;+2/p-2. The van der Waals surface area contributed by atoms with E-state index in [-0.39, 0.29) is 24.8 Å². The first-order valence-electron chi connectivity index (χ1n) is 6.58. The van der Waals surface area contributed by atoms with Crippen molar-refractivity contribution < 1.29 is 45.2 Å². The molecule has 2 atom stereocenters. The van der Waals surface area contributed by atoms with E-state index < -0.39 is 0 Å². The summed E-state index contributed by atoms with van der Waals surface area (Å²) in [6.45, 7) is 7.11. The van der Waals surface area contributed by atoms with Crippen LogP contribution < -0.4 is 24.8 Å². The quantitative estimate of drug-likeness (QED) is 0.562. The number of rotatable bonds is 3. The summed E-state index contributed by atoms with van der Waals surface area (Å²) in [6.07, 6.45) is 10.5. The molecular formula is C16H19Cl2Ti. The molecule has 0 aromatic rings. The Morgan fingerprint density at radius 2 is 2.00 bits per heavy atom. The van der Waals surface area contributed by atoms with Crippen LogP contribution in [0.1, 0.15) is 40.0 Å². The van der Waals surface area contributed by atoms with Gasteiger partial charge in [0.1, 0.15) is 0 Å². The van der Waals surface area contributed by atoms with Crippen LogP contribution in [0.3, 0.4) is 0 Å². The average molecular weight is 330 g/mol. The zero-order valence-corrected chi connectivity index (χ0v) is 14.8. The molecule has 0 aromatic carbocycles. The van der Waals surface area contributed by atoms with Crippen molar-refractivity contribution in [3.05, 3.63) is 46.1 Å². The van der Waals surface area contributed by atoms with Crippen LogP contribution >= 0.6 is 0 Å². The minimum absolute atomic E-state index is 0. The molecule has 0 aliphatic heterocycles. The summed E-state index contributed by atoms with van der Waals surface area (Å²) in [4.78, 5) is 0. The first-order chi connectivity index (χ1) is 8.03. The van der Waals surface area contributed by atoms with Gasteiger partial charge in [-0.2, -0.15) is 0 Å². The molecule has 0 nitrogen and oxygen atoms in total. The smallest absolute Gasteiger partial charge is 1.00 e. The van der Waals surface area contributed by atoms with E-state index in [1.54, 1.807) is 27.9 Å². The van der Waals surface area contributed by atoms with Gasteiger partial charge in [-0.15, -0.1) is 0 Å². The third-order valence-corrected chi connectivity index (χ3v) is 5.58. The molecule has 0 radical (unpaired) electrons. The van der Waals surface area contributed by atoms with Crippen molar-refractivity contribution >= 4 is 0 Å². The molecule has 0 saturated carbocycles. The third kappa shape index (κ3) is 2.46. The van der Waals surface area contributed by atoms with Crippen LogP contribution in [-0.4, -0.2) is 0 Å². The van der Waals surface area contributed by atoms with Gasteiger partial charge in [0, 0.05) is 0 Å². The first-order valence-corrected chi connectivity index (χ1v) is 7.36. The predicted octanol–water partition coefficient (Wildman–Crippen LogP) is -1.34. The number of hydrogen-bond donors (Lipinski definition) is 0. The molecular weight excluding hydrogens is 311 g/mol. The van der Waals surface area contributed by atoms with Gasteiger partial charge in [0.2, 0.25) is 0 Å². The number of hydrogen-bond acceptors (Lipinski definition) is 0. The molecule has 101 valence electrons. The molecule has 19 heavy (non-hydrogen) atoms. The fourth-order valence-electron chi connectivity index (χ4n) is 3.94. The van der Waals surface area contributed by atoms with E-state index in [2.05, 4.69) is 59.4 Å². The maximum absolute atomic E-state index is 2.42. The monoisotopic (exact) mass is 329 g/mol. The van der Waals surface area contributed by atoms with Crippen molar-refractivity contribution in [1.29, 1.82) is 0 Å². The fraction of sp³-hybridized carbons (Fsp3) is 0.500. The molecule has 0 saturated heterocycles. The average Bonchev–Trinajstić information content (AvgIpc) is 2.86. The van der Waals surface area contributed by atoms with Gasteiger partial charge in [-0.05, 0) is 0 Å². The molecule has 3 heteroatoms. The summed E-state index contributed by atoms with van der Waals surface area (Å²) >= 11 is 2.42. The zero-order chi connectivity index (χ0) is 12.2. The van der Waals surface area contributed by atoms with Gasteiger partial charge in [0.15, 0.2) is 0 Å². The summed E-state index contributed by atoms with van der Waals surface area (Å²) in [5.74, 6) is 0.746. The minimum atomic E-state index is 0. The minimum Gasteiger partial charge on any atom is -1.00 e. The van der Waals surface area contributed by atoms with E-state index in [9.17, 15) is 0 Å². The van der Waals surface area contributed by atoms with Gasteiger partial charge in [0.05, 0.1) is 0 Å². The molecule has 0 heterocycles. The fourth-order valence-corrected chi connectivity index (χ4v) is 4.97. The Kier molecular flexibility index (Phi) is 5.41. The van der Waals surface area contributed by atoms with E-state index in [1.165, 1.54) is 19.3 Å². The van der Waals surface area contributed by atoms with Crippen LogP contribution in [0, 0.1) is 5.92 Å². The predicted molar refractivity (Wildman–Crippen MR) is 68.3 cm³/mol. The Morgan fingerprint density at radius 3 is 2.42 bits per heavy atom. The van der Waals surface area contributed by atoms with Crippen molar-refractivity contribution in [2.75, 3.05) is 0 Å². The molecule has 0 fully saturated rings. The third-order valence-electron chi connectivity index (χ3n) is 4.69. The van der Waals surface area contributed by atoms with Crippen molar-refractivity contribution in [2.24, 2.45) is 5.92 Å². The van der Waals surface area contributed by atoms with Crippen LogP contribution in [-0.2, 0) is 20.4 Å². The second-order valence-corrected chi connectivity index (χ2v) is 7.30. The Balaban J connectivity index is 0.000000902. The van der Waals surface area contributed by atoms with Crippen molar-refractivity contribution in [3.63, 3.8) is 0 Å². The van der Waals surface area contributed by atoms with E-state index in [0.717, 1.165) is 5.92 Å². The van der Waals surface area contributed by atoms with Gasteiger partial charge < -0.3 is 24.8 Å². The van der Waals surface area contributed by atoms with Gasteiger partial charge in [-0.3, -0.25) is 0 Å². The van der Waals surface area contributed by atoms with Crippen LogP contribution in [0.25, 0.3) is 0 Å². The van der Waals surface area contributed by atoms with Crippen LogP contribution in [0.4, 0.5) is 0 Å². The molecule has 2 bridgehead atoms. The summed E-state index contributed by atoms with van der Waals surface area (Å²) in [6, 6.07) is 0. The van der Waals surface area contributed by atoms with Gasteiger partial charge in [-0.1, -0.05) is 0 Å². The number of halogens is 2.